The van der Waals surface area contributed by atoms with Crippen molar-refractivity contribution in [2.75, 3.05) is 0 Å². The zero-order valence-corrected chi connectivity index (χ0v) is 14.7. The monoisotopic (exact) mass is 365 g/mol. The summed E-state index contributed by atoms with van der Waals surface area (Å²) in [6, 6.07) is 9.19. The smallest absolute Gasteiger partial charge is 0.271 e. The van der Waals surface area contributed by atoms with Crippen LogP contribution in [0.5, 0.6) is 0 Å². The Bertz CT molecular complexity index is 1020. The van der Waals surface area contributed by atoms with E-state index in [1.54, 1.807) is 29.4 Å². The molecule has 0 spiro atoms. The van der Waals surface area contributed by atoms with Crippen molar-refractivity contribution in [2.45, 2.75) is 13.5 Å². The third-order valence-electron chi connectivity index (χ3n) is 3.77. The second-order valence-electron chi connectivity index (χ2n) is 5.52. The van der Waals surface area contributed by atoms with Gasteiger partial charge in [-0.1, -0.05) is 6.07 Å². The highest BCUT2D eigenvalue weighted by molar-refractivity contribution is 7.15. The van der Waals surface area contributed by atoms with Gasteiger partial charge in [0.25, 0.3) is 5.91 Å². The molecule has 26 heavy (non-hydrogen) atoms. The van der Waals surface area contributed by atoms with Gasteiger partial charge in [0, 0.05) is 35.6 Å². The number of aryl methyl sites for hydroxylation is 1. The Labute approximate surface area is 153 Å². The molecule has 0 fully saturated rings. The third-order valence-corrected chi connectivity index (χ3v) is 4.76. The largest absolute Gasteiger partial charge is 0.462 e. The molecule has 1 N–H and O–H groups in total. The molecule has 4 aromatic heterocycles. The van der Waals surface area contributed by atoms with Crippen molar-refractivity contribution in [1.82, 2.24) is 25.1 Å². The van der Waals surface area contributed by atoms with Crippen molar-refractivity contribution >= 4 is 17.2 Å². The van der Waals surface area contributed by atoms with Crippen LogP contribution in [0.4, 0.5) is 0 Å². The number of nitrogens with zero attached hydrogens (tertiary/aromatic N) is 4. The van der Waals surface area contributed by atoms with Crippen LogP contribution < -0.4 is 5.32 Å². The van der Waals surface area contributed by atoms with Crippen LogP contribution in [-0.4, -0.2) is 25.7 Å². The van der Waals surface area contributed by atoms with Crippen LogP contribution in [0.25, 0.3) is 16.6 Å². The number of rotatable bonds is 5. The second kappa shape index (κ2) is 6.93. The molecule has 0 aliphatic heterocycles. The van der Waals surface area contributed by atoms with Gasteiger partial charge in [0.2, 0.25) is 0 Å². The Morgan fingerprint density at radius 2 is 2.19 bits per heavy atom. The van der Waals surface area contributed by atoms with Gasteiger partial charge in [0.15, 0.2) is 16.6 Å². The molecule has 0 aromatic carbocycles. The maximum Gasteiger partial charge on any atom is 0.271 e. The number of hydrogen-bond donors (Lipinski definition) is 1. The Hall–Kier alpha value is -3.26. The zero-order chi connectivity index (χ0) is 17.9. The molecule has 0 saturated heterocycles. The number of pyridine rings is 1. The van der Waals surface area contributed by atoms with E-state index in [9.17, 15) is 4.79 Å². The highest BCUT2D eigenvalue weighted by Crippen LogP contribution is 2.27. The number of nitrogens with one attached hydrogen (secondary N) is 1. The summed E-state index contributed by atoms with van der Waals surface area (Å²) in [5.41, 5.74) is 1.27. The fraction of sp³-hybridized carbons (Fsp3) is 0.111. The van der Waals surface area contributed by atoms with Crippen LogP contribution in [0, 0.1) is 6.92 Å². The SMILES string of the molecule is Cc1sc(-c2ccco2)nc1C(=O)NCc1cccnc1-n1cccn1. The summed E-state index contributed by atoms with van der Waals surface area (Å²) in [5, 5.41) is 7.80. The first-order valence-corrected chi connectivity index (χ1v) is 8.77. The van der Waals surface area contributed by atoms with Gasteiger partial charge < -0.3 is 9.73 Å². The molecule has 0 atom stereocenters. The molecule has 4 rings (SSSR count). The van der Waals surface area contributed by atoms with Gasteiger partial charge in [-0.3, -0.25) is 4.79 Å². The first-order valence-electron chi connectivity index (χ1n) is 7.96. The fourth-order valence-electron chi connectivity index (χ4n) is 2.54. The second-order valence-corrected chi connectivity index (χ2v) is 6.72. The molecular formula is C18H15N5O2S. The Morgan fingerprint density at radius 1 is 1.27 bits per heavy atom. The van der Waals surface area contributed by atoms with E-state index >= 15 is 0 Å². The molecule has 8 heteroatoms. The van der Waals surface area contributed by atoms with Crippen LogP contribution in [0.1, 0.15) is 20.9 Å². The Balaban J connectivity index is 1.52. The summed E-state index contributed by atoms with van der Waals surface area (Å²) in [4.78, 5) is 22.2. The van der Waals surface area contributed by atoms with E-state index in [4.69, 9.17) is 4.42 Å². The van der Waals surface area contributed by atoms with E-state index < -0.39 is 0 Å². The minimum absolute atomic E-state index is 0.230. The lowest BCUT2D eigenvalue weighted by Gasteiger charge is -2.09. The average Bonchev–Trinajstić information content (AvgIpc) is 3.40. The molecule has 130 valence electrons. The van der Waals surface area contributed by atoms with Crippen LogP contribution >= 0.6 is 11.3 Å². The Kier molecular flexibility index (Phi) is 4.32. The van der Waals surface area contributed by atoms with Crippen molar-refractivity contribution in [3.05, 3.63) is 71.3 Å². The highest BCUT2D eigenvalue weighted by Gasteiger charge is 2.18. The molecule has 4 aromatic rings. The minimum atomic E-state index is -0.230. The van der Waals surface area contributed by atoms with Gasteiger partial charge in [-0.15, -0.1) is 11.3 Å². The van der Waals surface area contributed by atoms with E-state index in [-0.39, 0.29) is 5.91 Å². The van der Waals surface area contributed by atoms with Gasteiger partial charge >= 0.3 is 0 Å². The van der Waals surface area contributed by atoms with Crippen LogP contribution in [0.15, 0.2) is 59.6 Å². The quantitative estimate of drug-likeness (QED) is 0.587. The molecule has 0 radical (unpaired) electrons. The summed E-state index contributed by atoms with van der Waals surface area (Å²) in [6.07, 6.45) is 6.79. The molecule has 7 nitrogen and oxygen atoms in total. The number of furan rings is 1. The lowest BCUT2D eigenvalue weighted by atomic mass is 10.2. The number of hydrogen-bond acceptors (Lipinski definition) is 6. The summed E-state index contributed by atoms with van der Waals surface area (Å²) in [6.45, 7) is 2.20. The van der Waals surface area contributed by atoms with Crippen LogP contribution in [-0.2, 0) is 6.54 Å². The molecule has 0 aliphatic rings. The lowest BCUT2D eigenvalue weighted by Crippen LogP contribution is -2.24. The first kappa shape index (κ1) is 16.2. The summed E-state index contributed by atoms with van der Waals surface area (Å²) >= 11 is 1.43. The number of amides is 1. The molecule has 0 aliphatic carbocycles. The predicted molar refractivity (Wildman–Crippen MR) is 97.1 cm³/mol. The van der Waals surface area contributed by atoms with Gasteiger partial charge in [0.05, 0.1) is 6.26 Å². The predicted octanol–water partition coefficient (Wildman–Crippen LogP) is 3.22. The fourth-order valence-corrected chi connectivity index (χ4v) is 3.42. The number of aromatic nitrogens is 4. The standard InChI is InChI=1S/C18H15N5O2S/c1-12-15(22-18(26-12)14-6-3-10-25-14)17(24)20-11-13-5-2-7-19-16(13)23-9-4-8-21-23/h2-10H,11H2,1H3,(H,20,24). The average molecular weight is 365 g/mol. The minimum Gasteiger partial charge on any atom is -0.462 e. The van der Waals surface area contributed by atoms with Gasteiger partial charge in [-0.2, -0.15) is 5.10 Å². The third kappa shape index (κ3) is 3.14. The maximum atomic E-state index is 12.6. The van der Waals surface area contributed by atoms with E-state index in [0.717, 1.165) is 10.4 Å². The molecule has 4 heterocycles. The van der Waals surface area contributed by atoms with E-state index in [1.807, 2.05) is 37.4 Å². The van der Waals surface area contributed by atoms with Gasteiger partial charge in [0.1, 0.15) is 5.69 Å². The number of thiazole rings is 1. The summed E-state index contributed by atoms with van der Waals surface area (Å²) in [5.74, 6) is 1.11. The first-order chi connectivity index (χ1) is 12.7. The van der Waals surface area contributed by atoms with E-state index in [2.05, 4.69) is 20.4 Å². The van der Waals surface area contributed by atoms with Crippen molar-refractivity contribution in [1.29, 1.82) is 0 Å². The van der Waals surface area contributed by atoms with Crippen LogP contribution in [0.2, 0.25) is 0 Å². The topological polar surface area (TPSA) is 85.8 Å². The van der Waals surface area contributed by atoms with E-state index in [0.29, 0.717) is 28.8 Å². The normalized spacial score (nSPS) is 10.8. The van der Waals surface area contributed by atoms with Gasteiger partial charge in [-0.25, -0.2) is 14.6 Å². The molecule has 0 unspecified atom stereocenters. The summed E-state index contributed by atoms with van der Waals surface area (Å²) < 4.78 is 7.02. The van der Waals surface area contributed by atoms with Crippen molar-refractivity contribution in [3.8, 4) is 16.6 Å². The number of carbonyl (C=O) groups is 1. The van der Waals surface area contributed by atoms with Crippen molar-refractivity contribution in [3.63, 3.8) is 0 Å². The molecule has 1 amide bonds. The maximum absolute atomic E-state index is 12.6. The number of carbonyl (C=O) groups excluding carboxylic acids is 1. The highest BCUT2D eigenvalue weighted by atomic mass is 32.1. The van der Waals surface area contributed by atoms with Crippen molar-refractivity contribution in [2.24, 2.45) is 0 Å². The lowest BCUT2D eigenvalue weighted by molar-refractivity contribution is 0.0946. The van der Waals surface area contributed by atoms with Gasteiger partial charge in [-0.05, 0) is 31.2 Å². The molecule has 0 bridgehead atoms. The zero-order valence-electron chi connectivity index (χ0n) is 13.9. The molecular weight excluding hydrogens is 350 g/mol. The van der Waals surface area contributed by atoms with E-state index in [1.165, 1.54) is 11.3 Å². The molecule has 0 saturated carbocycles. The summed E-state index contributed by atoms with van der Waals surface area (Å²) in [7, 11) is 0. The van der Waals surface area contributed by atoms with Crippen molar-refractivity contribution < 1.29 is 9.21 Å². The van der Waals surface area contributed by atoms with Crippen LogP contribution in [0.3, 0.4) is 0 Å². The Morgan fingerprint density at radius 3 is 2.96 bits per heavy atom.